The number of halogens is 1. The van der Waals surface area contributed by atoms with E-state index in [1.54, 1.807) is 25.4 Å². The molecule has 8 nitrogen and oxygen atoms in total. The molecule has 0 atom stereocenters. The van der Waals surface area contributed by atoms with Crippen molar-refractivity contribution in [3.8, 4) is 28.1 Å². The highest BCUT2D eigenvalue weighted by Crippen LogP contribution is 2.42. The summed E-state index contributed by atoms with van der Waals surface area (Å²) in [6.45, 7) is 3.39. The minimum atomic E-state index is -0.371. The van der Waals surface area contributed by atoms with Gasteiger partial charge in [-0.05, 0) is 50.2 Å². The Balaban J connectivity index is 1.72. The fraction of sp³-hybridized carbons (Fsp3) is 0.154. The van der Waals surface area contributed by atoms with Crippen molar-refractivity contribution in [3.05, 3.63) is 65.7 Å². The van der Waals surface area contributed by atoms with E-state index in [0.29, 0.717) is 39.3 Å². The molecule has 0 radical (unpaired) electrons. The molecule has 0 aliphatic carbocycles. The van der Waals surface area contributed by atoms with Crippen LogP contribution in [0, 0.1) is 19.7 Å². The van der Waals surface area contributed by atoms with E-state index >= 15 is 0 Å². The van der Waals surface area contributed by atoms with Gasteiger partial charge < -0.3 is 19.4 Å². The lowest BCUT2D eigenvalue weighted by Gasteiger charge is -2.11. The number of aryl methyl sites for hydroxylation is 2. The van der Waals surface area contributed by atoms with Crippen LogP contribution in [0.2, 0.25) is 0 Å². The SMILES string of the molecule is COc1cc2c(cc1-c1c(C)noc1C)[nH]c1nc(CO)nc(-c3ccnc4ccc(F)cc34)c12. The number of methoxy groups -OCH3 is 1. The topological polar surface area (TPSA) is 110 Å². The quantitative estimate of drug-likeness (QED) is 0.363. The molecule has 0 saturated carbocycles. The van der Waals surface area contributed by atoms with Crippen LogP contribution in [-0.4, -0.2) is 37.3 Å². The molecule has 35 heavy (non-hydrogen) atoms. The first-order valence-electron chi connectivity index (χ1n) is 11.0. The highest BCUT2D eigenvalue weighted by molar-refractivity contribution is 6.15. The second-order valence-electron chi connectivity index (χ2n) is 8.31. The van der Waals surface area contributed by atoms with Crippen LogP contribution in [0.15, 0.2) is 47.1 Å². The van der Waals surface area contributed by atoms with Gasteiger partial charge in [0.2, 0.25) is 0 Å². The second kappa shape index (κ2) is 7.85. The number of aliphatic hydroxyl groups is 1. The third kappa shape index (κ3) is 3.23. The fourth-order valence-corrected chi connectivity index (χ4v) is 4.69. The minimum Gasteiger partial charge on any atom is -0.496 e. The van der Waals surface area contributed by atoms with Crippen LogP contribution in [0.3, 0.4) is 0 Å². The molecular formula is C26H20FN5O3. The van der Waals surface area contributed by atoms with Crippen molar-refractivity contribution in [1.29, 1.82) is 0 Å². The standard InChI is InChI=1S/C26H20FN5O3/c1-12-23(13(2)35-32-12)18-9-20-17(10-21(18)34-3)24-25(30-22(11-33)31-26(24)29-20)15-6-7-28-19-5-4-14(27)8-16(15)19/h4-10,33H,11H2,1-3H3,(H,29,30,31). The summed E-state index contributed by atoms with van der Waals surface area (Å²) in [6.07, 6.45) is 1.66. The van der Waals surface area contributed by atoms with Crippen LogP contribution in [0.4, 0.5) is 4.39 Å². The number of H-pyrrole nitrogens is 1. The molecule has 174 valence electrons. The van der Waals surface area contributed by atoms with Crippen LogP contribution in [0.5, 0.6) is 5.75 Å². The van der Waals surface area contributed by atoms with Gasteiger partial charge in [-0.15, -0.1) is 0 Å². The first-order chi connectivity index (χ1) is 17.0. The lowest BCUT2D eigenvalue weighted by molar-refractivity contribution is 0.272. The van der Waals surface area contributed by atoms with Gasteiger partial charge in [0, 0.05) is 33.6 Å². The van der Waals surface area contributed by atoms with E-state index in [1.165, 1.54) is 12.1 Å². The van der Waals surface area contributed by atoms with Gasteiger partial charge in [-0.1, -0.05) is 5.16 Å². The van der Waals surface area contributed by atoms with Gasteiger partial charge in [0.05, 0.1) is 35.0 Å². The van der Waals surface area contributed by atoms with Crippen LogP contribution in [0.1, 0.15) is 17.3 Å². The molecular weight excluding hydrogens is 449 g/mol. The number of ether oxygens (including phenoxy) is 1. The Kier molecular flexibility index (Phi) is 4.75. The maximum absolute atomic E-state index is 14.2. The highest BCUT2D eigenvalue weighted by atomic mass is 19.1. The van der Waals surface area contributed by atoms with Crippen molar-refractivity contribution in [3.63, 3.8) is 0 Å². The first-order valence-corrected chi connectivity index (χ1v) is 11.0. The van der Waals surface area contributed by atoms with Gasteiger partial charge in [-0.2, -0.15) is 0 Å². The number of benzene rings is 2. The summed E-state index contributed by atoms with van der Waals surface area (Å²) < 4.78 is 25.3. The van der Waals surface area contributed by atoms with Crippen molar-refractivity contribution >= 4 is 32.8 Å². The molecule has 2 aromatic carbocycles. The van der Waals surface area contributed by atoms with Crippen LogP contribution in [-0.2, 0) is 6.61 Å². The van der Waals surface area contributed by atoms with Gasteiger partial charge in [-0.3, -0.25) is 4.98 Å². The Morgan fingerprint density at radius 1 is 1.06 bits per heavy atom. The molecule has 9 heteroatoms. The number of hydrogen-bond acceptors (Lipinski definition) is 7. The van der Waals surface area contributed by atoms with Crippen LogP contribution >= 0.6 is 0 Å². The summed E-state index contributed by atoms with van der Waals surface area (Å²) in [5.74, 6) is 1.20. The molecule has 0 unspecified atom stereocenters. The molecule has 4 heterocycles. The number of aromatic nitrogens is 5. The molecule has 0 aliphatic heterocycles. The third-order valence-corrected chi connectivity index (χ3v) is 6.22. The van der Waals surface area contributed by atoms with Crippen molar-refractivity contribution in [2.24, 2.45) is 0 Å². The maximum Gasteiger partial charge on any atom is 0.156 e. The van der Waals surface area contributed by atoms with Crippen molar-refractivity contribution in [1.82, 2.24) is 25.1 Å². The summed E-state index contributed by atoms with van der Waals surface area (Å²) in [4.78, 5) is 16.9. The Labute approximate surface area is 198 Å². The monoisotopic (exact) mass is 469 g/mol. The average molecular weight is 469 g/mol. The third-order valence-electron chi connectivity index (χ3n) is 6.22. The average Bonchev–Trinajstić information content (AvgIpc) is 3.40. The number of pyridine rings is 1. The number of nitrogens with one attached hydrogen (secondary N) is 1. The van der Waals surface area contributed by atoms with E-state index < -0.39 is 0 Å². The maximum atomic E-state index is 14.2. The molecule has 0 spiro atoms. The lowest BCUT2D eigenvalue weighted by atomic mass is 9.99. The zero-order valence-corrected chi connectivity index (χ0v) is 19.2. The normalized spacial score (nSPS) is 11.7. The molecule has 6 aromatic rings. The minimum absolute atomic E-state index is 0.248. The van der Waals surface area contributed by atoms with Gasteiger partial charge in [0.25, 0.3) is 0 Å². The molecule has 6 rings (SSSR count). The van der Waals surface area contributed by atoms with Crippen LogP contribution < -0.4 is 4.74 Å². The molecule has 0 bridgehead atoms. The van der Waals surface area contributed by atoms with Crippen molar-refractivity contribution < 1.29 is 18.8 Å². The zero-order chi connectivity index (χ0) is 24.3. The van der Waals surface area contributed by atoms with Gasteiger partial charge >= 0.3 is 0 Å². The Morgan fingerprint density at radius 2 is 1.91 bits per heavy atom. The van der Waals surface area contributed by atoms with Gasteiger partial charge in [-0.25, -0.2) is 14.4 Å². The molecule has 0 saturated heterocycles. The largest absolute Gasteiger partial charge is 0.496 e. The smallest absolute Gasteiger partial charge is 0.156 e. The van der Waals surface area contributed by atoms with Crippen molar-refractivity contribution in [2.75, 3.05) is 7.11 Å². The predicted molar refractivity (Wildman–Crippen MR) is 130 cm³/mol. The molecule has 0 fully saturated rings. The lowest BCUT2D eigenvalue weighted by Crippen LogP contribution is -1.98. The van der Waals surface area contributed by atoms with E-state index in [9.17, 15) is 9.50 Å². The molecule has 0 aliphatic rings. The molecule has 0 amide bonds. The van der Waals surface area contributed by atoms with Gasteiger partial charge in [0.1, 0.15) is 29.6 Å². The first kappa shape index (κ1) is 21.2. The zero-order valence-electron chi connectivity index (χ0n) is 19.2. The number of fused-ring (bicyclic) bond motifs is 4. The number of nitrogens with zero attached hydrogens (tertiary/aromatic N) is 4. The summed E-state index contributed by atoms with van der Waals surface area (Å²) in [5.41, 5.74) is 5.68. The second-order valence-corrected chi connectivity index (χ2v) is 8.31. The number of hydrogen-bond donors (Lipinski definition) is 2. The highest BCUT2D eigenvalue weighted by Gasteiger charge is 2.22. The molecule has 2 N–H and O–H groups in total. The summed E-state index contributed by atoms with van der Waals surface area (Å²) in [7, 11) is 1.61. The Morgan fingerprint density at radius 3 is 2.66 bits per heavy atom. The number of aliphatic hydroxyl groups excluding tert-OH is 1. The summed E-state index contributed by atoms with van der Waals surface area (Å²) in [5, 5.41) is 16.1. The predicted octanol–water partition coefficient (Wildman–Crippen LogP) is 5.24. The van der Waals surface area contributed by atoms with E-state index in [0.717, 1.165) is 33.1 Å². The van der Waals surface area contributed by atoms with E-state index in [2.05, 4.69) is 25.1 Å². The van der Waals surface area contributed by atoms with E-state index in [-0.39, 0.29) is 18.2 Å². The van der Waals surface area contributed by atoms with Gasteiger partial charge in [0.15, 0.2) is 5.82 Å². The van der Waals surface area contributed by atoms with Crippen molar-refractivity contribution in [2.45, 2.75) is 20.5 Å². The Bertz CT molecular complexity index is 1750. The summed E-state index contributed by atoms with van der Waals surface area (Å²) >= 11 is 0. The Hall–Kier alpha value is -4.37. The molecule has 4 aromatic heterocycles. The number of rotatable bonds is 4. The fourth-order valence-electron chi connectivity index (χ4n) is 4.69. The van der Waals surface area contributed by atoms with E-state index in [1.807, 2.05) is 26.0 Å². The van der Waals surface area contributed by atoms with E-state index in [4.69, 9.17) is 9.26 Å². The summed E-state index contributed by atoms with van der Waals surface area (Å²) in [6, 6.07) is 10.1. The van der Waals surface area contributed by atoms with Crippen LogP contribution in [0.25, 0.3) is 55.2 Å². The number of aromatic amines is 1.